The molecule has 1 unspecified atom stereocenters. The first-order valence-electron chi connectivity index (χ1n) is 15.9. The lowest BCUT2D eigenvalue weighted by Crippen LogP contribution is -2.53. The highest BCUT2D eigenvalue weighted by atomic mass is 16.5. The summed E-state index contributed by atoms with van der Waals surface area (Å²) < 4.78 is 5.33. The molecule has 3 aliphatic rings. The third-order valence-corrected chi connectivity index (χ3v) is 12.2. The summed E-state index contributed by atoms with van der Waals surface area (Å²) in [7, 11) is 0. The standard InChI is InChI=1S/C36H55NO4/c1-24-21-32(5,6)15-17-36(24,13-11-19-41-27(4)39)18-16-33(7,8)35(10)14-12-29-26(3)31(40)28(23-37)22-34(29,9)30(35)20-25(2)38/h20,22,24,26,29H,11-19,21H2,1-10H3/b30-20-/t24?,26-,29-,34-,35+,36+/m0/s1. The fraction of sp³-hybridized carbons (Fsp3) is 0.778. The summed E-state index contributed by atoms with van der Waals surface area (Å²) in [5.41, 5.74) is 0.947. The first kappa shape index (κ1) is 33.3. The summed E-state index contributed by atoms with van der Waals surface area (Å²) in [4.78, 5) is 37.1. The molecule has 0 aromatic rings. The smallest absolute Gasteiger partial charge is 0.302 e. The van der Waals surface area contributed by atoms with Crippen LogP contribution in [0.4, 0.5) is 0 Å². The van der Waals surface area contributed by atoms with Crippen LogP contribution >= 0.6 is 0 Å². The van der Waals surface area contributed by atoms with Crippen molar-refractivity contribution in [3.63, 3.8) is 0 Å². The molecule has 5 nitrogen and oxygen atoms in total. The van der Waals surface area contributed by atoms with Crippen molar-refractivity contribution in [2.24, 2.45) is 44.8 Å². The lowest BCUT2D eigenvalue weighted by Gasteiger charge is -2.60. The first-order chi connectivity index (χ1) is 18.8. The van der Waals surface area contributed by atoms with E-state index in [-0.39, 0.29) is 51.2 Å². The molecule has 5 heteroatoms. The summed E-state index contributed by atoms with van der Waals surface area (Å²) in [6.07, 6.45) is 13.1. The Morgan fingerprint density at radius 1 is 1.10 bits per heavy atom. The van der Waals surface area contributed by atoms with E-state index in [1.54, 1.807) is 6.92 Å². The lowest BCUT2D eigenvalue weighted by atomic mass is 9.44. The van der Waals surface area contributed by atoms with E-state index in [4.69, 9.17) is 4.74 Å². The second-order valence-corrected chi connectivity index (χ2v) is 15.7. The fourth-order valence-electron chi connectivity index (χ4n) is 9.06. The number of carbonyl (C=O) groups is 3. The molecule has 0 aliphatic heterocycles. The van der Waals surface area contributed by atoms with Crippen LogP contribution in [0.1, 0.15) is 127 Å². The normalized spacial score (nSPS) is 36.2. The van der Waals surface area contributed by atoms with Crippen LogP contribution in [-0.2, 0) is 19.1 Å². The van der Waals surface area contributed by atoms with Crippen LogP contribution in [0.5, 0.6) is 0 Å². The number of rotatable bonds is 9. The molecule has 0 aromatic carbocycles. The van der Waals surface area contributed by atoms with Crippen LogP contribution in [0.3, 0.4) is 0 Å². The Bertz CT molecular complexity index is 1150. The molecule has 228 valence electrons. The molecule has 0 heterocycles. The van der Waals surface area contributed by atoms with Crippen molar-refractivity contribution in [2.75, 3.05) is 6.61 Å². The van der Waals surface area contributed by atoms with E-state index in [9.17, 15) is 19.6 Å². The van der Waals surface area contributed by atoms with Gasteiger partial charge in [-0.2, -0.15) is 5.26 Å². The Kier molecular flexibility index (Phi) is 9.59. The van der Waals surface area contributed by atoms with Crippen molar-refractivity contribution in [1.29, 1.82) is 5.26 Å². The summed E-state index contributed by atoms with van der Waals surface area (Å²) in [5, 5.41) is 9.83. The van der Waals surface area contributed by atoms with Gasteiger partial charge in [0.15, 0.2) is 11.6 Å². The average molecular weight is 566 g/mol. The zero-order valence-electron chi connectivity index (χ0n) is 27.5. The van der Waals surface area contributed by atoms with Gasteiger partial charge in [0.1, 0.15) is 6.07 Å². The third-order valence-electron chi connectivity index (χ3n) is 12.2. The maximum Gasteiger partial charge on any atom is 0.302 e. The Balaban J connectivity index is 1.98. The molecule has 6 atom stereocenters. The molecule has 0 aromatic heterocycles. The van der Waals surface area contributed by atoms with Crippen LogP contribution in [0.25, 0.3) is 0 Å². The average Bonchev–Trinajstić information content (AvgIpc) is 2.86. The van der Waals surface area contributed by atoms with E-state index in [0.29, 0.717) is 17.9 Å². The van der Waals surface area contributed by atoms with Gasteiger partial charge < -0.3 is 4.74 Å². The third kappa shape index (κ3) is 6.42. The number of hydrogen-bond acceptors (Lipinski definition) is 5. The Morgan fingerprint density at radius 3 is 2.32 bits per heavy atom. The van der Waals surface area contributed by atoms with Crippen LogP contribution in [0, 0.1) is 56.2 Å². The monoisotopic (exact) mass is 565 g/mol. The molecule has 0 N–H and O–H groups in total. The predicted molar refractivity (Wildman–Crippen MR) is 164 cm³/mol. The van der Waals surface area contributed by atoms with E-state index in [1.807, 2.05) is 19.1 Å². The number of allylic oxidation sites excluding steroid dienone is 4. The van der Waals surface area contributed by atoms with Gasteiger partial charge >= 0.3 is 5.97 Å². The van der Waals surface area contributed by atoms with Crippen LogP contribution in [-0.4, -0.2) is 24.1 Å². The van der Waals surface area contributed by atoms with Crippen molar-refractivity contribution in [2.45, 2.75) is 127 Å². The van der Waals surface area contributed by atoms with Crippen molar-refractivity contribution >= 4 is 17.5 Å². The molecule has 0 saturated heterocycles. The number of esters is 1. The van der Waals surface area contributed by atoms with E-state index in [2.05, 4.69) is 54.5 Å². The Morgan fingerprint density at radius 2 is 1.76 bits per heavy atom. The molecule has 2 saturated carbocycles. The van der Waals surface area contributed by atoms with E-state index in [0.717, 1.165) is 44.1 Å². The number of nitriles is 1. The van der Waals surface area contributed by atoms with E-state index in [1.165, 1.54) is 26.2 Å². The molecule has 0 amide bonds. The maximum absolute atomic E-state index is 13.0. The maximum atomic E-state index is 13.0. The number of nitrogens with zero attached hydrogens (tertiary/aromatic N) is 1. The highest BCUT2D eigenvalue weighted by Crippen LogP contribution is 2.66. The van der Waals surface area contributed by atoms with Gasteiger partial charge in [-0.3, -0.25) is 14.4 Å². The summed E-state index contributed by atoms with van der Waals surface area (Å²) in [6, 6.07) is 2.17. The minimum absolute atomic E-state index is 0.0189. The van der Waals surface area contributed by atoms with Gasteiger partial charge in [0.05, 0.1) is 12.2 Å². The van der Waals surface area contributed by atoms with Gasteiger partial charge in [-0.15, -0.1) is 0 Å². The number of hydrogen-bond donors (Lipinski definition) is 0. The van der Waals surface area contributed by atoms with Crippen LogP contribution in [0.2, 0.25) is 0 Å². The van der Waals surface area contributed by atoms with Crippen molar-refractivity contribution in [1.82, 2.24) is 0 Å². The first-order valence-corrected chi connectivity index (χ1v) is 15.9. The fourth-order valence-corrected chi connectivity index (χ4v) is 9.06. The molecule has 3 aliphatic carbocycles. The van der Waals surface area contributed by atoms with Gasteiger partial charge in [0, 0.05) is 18.3 Å². The minimum atomic E-state index is -0.516. The summed E-state index contributed by atoms with van der Waals surface area (Å²) in [6.45, 7) is 21.9. The van der Waals surface area contributed by atoms with Gasteiger partial charge in [-0.1, -0.05) is 67.0 Å². The number of fused-ring (bicyclic) bond motifs is 1. The topological polar surface area (TPSA) is 84.2 Å². The van der Waals surface area contributed by atoms with Crippen LogP contribution in [0.15, 0.2) is 23.3 Å². The second-order valence-electron chi connectivity index (χ2n) is 15.7. The van der Waals surface area contributed by atoms with Crippen molar-refractivity contribution < 1.29 is 19.1 Å². The van der Waals surface area contributed by atoms with Gasteiger partial charge in [0.25, 0.3) is 0 Å². The Hall–Kier alpha value is -2.22. The second kappa shape index (κ2) is 11.8. The number of ketones is 2. The molecule has 2 fully saturated rings. The van der Waals surface area contributed by atoms with Gasteiger partial charge in [-0.05, 0) is 104 Å². The molecule has 0 radical (unpaired) electrons. The Labute approximate surface area is 249 Å². The molecule has 0 spiro atoms. The van der Waals surface area contributed by atoms with Gasteiger partial charge in [0.2, 0.25) is 0 Å². The molecule has 3 rings (SSSR count). The highest BCUT2D eigenvalue weighted by molar-refractivity contribution is 6.02. The van der Waals surface area contributed by atoms with Crippen molar-refractivity contribution in [3.05, 3.63) is 23.3 Å². The zero-order chi connectivity index (χ0) is 31.0. The highest BCUT2D eigenvalue weighted by Gasteiger charge is 2.58. The van der Waals surface area contributed by atoms with Crippen LogP contribution < -0.4 is 0 Å². The number of Topliss-reactive ketones (excluding diaryl/α,β-unsaturated/α-hetero) is 1. The summed E-state index contributed by atoms with van der Waals surface area (Å²) >= 11 is 0. The molecule has 0 bridgehead atoms. The van der Waals surface area contributed by atoms with E-state index < -0.39 is 5.41 Å². The summed E-state index contributed by atoms with van der Waals surface area (Å²) in [5.74, 6) is 0.144. The van der Waals surface area contributed by atoms with Crippen molar-refractivity contribution in [3.8, 4) is 6.07 Å². The largest absolute Gasteiger partial charge is 0.466 e. The molecule has 41 heavy (non-hydrogen) atoms. The predicted octanol–water partition coefficient (Wildman–Crippen LogP) is 8.58. The quantitative estimate of drug-likeness (QED) is 0.159. The van der Waals surface area contributed by atoms with Gasteiger partial charge in [-0.25, -0.2) is 0 Å². The molecular formula is C36H55NO4. The lowest BCUT2D eigenvalue weighted by molar-refractivity contribution is -0.141. The zero-order valence-corrected chi connectivity index (χ0v) is 27.5. The SMILES string of the molecule is CC(=O)/C=C1/[C@@]2(C)C=C(C#N)C(=O)[C@@H](C)[C@@H]2CC[C@@]1(C)C(C)(C)CC[C@@]1(CCCOC(C)=O)CCC(C)(C)CC1C. The van der Waals surface area contributed by atoms with E-state index >= 15 is 0 Å². The molecular weight excluding hydrogens is 510 g/mol. The number of carbonyl (C=O) groups excluding carboxylic acids is 3. The number of ether oxygens (including phenoxy) is 1. The minimum Gasteiger partial charge on any atom is -0.466 e.